The van der Waals surface area contributed by atoms with Gasteiger partial charge in [0.25, 0.3) is 11.8 Å². The van der Waals surface area contributed by atoms with Crippen molar-refractivity contribution in [2.75, 3.05) is 7.11 Å². The molecule has 1 heterocycles. The van der Waals surface area contributed by atoms with E-state index in [1.54, 1.807) is 42.5 Å². The first-order valence-electron chi connectivity index (χ1n) is 7.61. The second-order valence-corrected chi connectivity index (χ2v) is 7.90. The number of thioether (sulfide) groups is 1. The number of aromatic hydroxyl groups is 1. The van der Waals surface area contributed by atoms with Gasteiger partial charge in [-0.1, -0.05) is 45.9 Å². The number of benzene rings is 2. The number of hydrogen-bond donors (Lipinski definition) is 2. The van der Waals surface area contributed by atoms with Crippen LogP contribution in [0.15, 0.2) is 51.8 Å². The van der Waals surface area contributed by atoms with Crippen LogP contribution in [0, 0.1) is 0 Å². The number of rotatable bonds is 4. The third-order valence-electron chi connectivity index (χ3n) is 3.63. The standard InChI is InChI=1S/C18H13BrN2O4S2/c1-25-14-7-11(12(19)9-13(14)22)8-15-17(24)21(18(26)27-15)20-16(23)10-5-3-2-4-6-10/h2-9,22H,1H3,(H,20,23)/b15-8-. The third kappa shape index (κ3) is 4.15. The fourth-order valence-corrected chi connectivity index (χ4v) is 3.91. The highest BCUT2D eigenvalue weighted by Crippen LogP contribution is 2.37. The van der Waals surface area contributed by atoms with Crippen LogP contribution in [-0.2, 0) is 4.79 Å². The summed E-state index contributed by atoms with van der Waals surface area (Å²) in [6.45, 7) is 0. The van der Waals surface area contributed by atoms with E-state index in [9.17, 15) is 14.7 Å². The molecule has 9 heteroatoms. The predicted octanol–water partition coefficient (Wildman–Crippen LogP) is 3.71. The number of halogens is 1. The quantitative estimate of drug-likeness (QED) is 0.530. The largest absolute Gasteiger partial charge is 0.504 e. The normalized spacial score (nSPS) is 15.3. The number of ether oxygens (including phenoxy) is 1. The molecule has 0 unspecified atom stereocenters. The van der Waals surface area contributed by atoms with Crippen molar-refractivity contribution < 1.29 is 19.4 Å². The first-order valence-corrected chi connectivity index (χ1v) is 9.63. The number of nitrogens with zero attached hydrogens (tertiary/aromatic N) is 1. The van der Waals surface area contributed by atoms with Crippen molar-refractivity contribution in [1.29, 1.82) is 0 Å². The number of hydrogen-bond acceptors (Lipinski definition) is 6. The van der Waals surface area contributed by atoms with E-state index in [0.717, 1.165) is 16.8 Å². The number of carbonyl (C=O) groups excluding carboxylic acids is 2. The van der Waals surface area contributed by atoms with E-state index in [-0.39, 0.29) is 15.8 Å². The van der Waals surface area contributed by atoms with Gasteiger partial charge in [0, 0.05) is 10.0 Å². The van der Waals surface area contributed by atoms with Crippen LogP contribution in [0.25, 0.3) is 6.08 Å². The minimum Gasteiger partial charge on any atom is -0.504 e. The lowest BCUT2D eigenvalue weighted by Crippen LogP contribution is -2.44. The SMILES string of the molecule is COc1cc(/C=C2\SC(=S)N(NC(=O)c3ccccc3)C2=O)c(Br)cc1O. The third-order valence-corrected chi connectivity index (χ3v) is 5.62. The summed E-state index contributed by atoms with van der Waals surface area (Å²) in [6.07, 6.45) is 1.61. The molecule has 0 aromatic heterocycles. The molecule has 2 aromatic rings. The second-order valence-electron chi connectivity index (χ2n) is 5.37. The monoisotopic (exact) mass is 464 g/mol. The van der Waals surface area contributed by atoms with E-state index in [1.807, 2.05) is 0 Å². The van der Waals surface area contributed by atoms with Crippen LogP contribution >= 0.6 is 39.9 Å². The molecule has 1 aliphatic heterocycles. The maximum Gasteiger partial charge on any atom is 0.285 e. The Bertz CT molecular complexity index is 963. The first-order chi connectivity index (χ1) is 12.9. The molecule has 0 atom stereocenters. The summed E-state index contributed by atoms with van der Waals surface area (Å²) in [5, 5.41) is 10.8. The van der Waals surface area contributed by atoms with Crippen molar-refractivity contribution in [2.24, 2.45) is 0 Å². The van der Waals surface area contributed by atoms with Crippen LogP contribution in [0.4, 0.5) is 0 Å². The van der Waals surface area contributed by atoms with E-state index in [1.165, 1.54) is 13.2 Å². The zero-order chi connectivity index (χ0) is 19.6. The van der Waals surface area contributed by atoms with Crippen molar-refractivity contribution >= 4 is 62.1 Å². The highest BCUT2D eigenvalue weighted by atomic mass is 79.9. The average molecular weight is 465 g/mol. The minimum absolute atomic E-state index is 0.0239. The molecular weight excluding hydrogens is 452 g/mol. The van der Waals surface area contributed by atoms with E-state index in [4.69, 9.17) is 17.0 Å². The number of thiocarbonyl (C=S) groups is 1. The summed E-state index contributed by atoms with van der Waals surface area (Å²) in [7, 11) is 1.44. The van der Waals surface area contributed by atoms with Crippen LogP contribution < -0.4 is 10.2 Å². The maximum absolute atomic E-state index is 12.7. The number of phenols is 1. The summed E-state index contributed by atoms with van der Waals surface area (Å²) in [4.78, 5) is 25.3. The lowest BCUT2D eigenvalue weighted by Gasteiger charge is -2.15. The van der Waals surface area contributed by atoms with Crippen molar-refractivity contribution in [1.82, 2.24) is 10.4 Å². The Morgan fingerprint density at radius 2 is 2.04 bits per heavy atom. The Hall–Kier alpha value is -2.36. The van der Waals surface area contributed by atoms with E-state index >= 15 is 0 Å². The molecule has 3 rings (SSSR count). The number of carbonyl (C=O) groups is 2. The number of nitrogens with one attached hydrogen (secondary N) is 1. The van der Waals surface area contributed by atoms with Crippen molar-refractivity contribution in [3.8, 4) is 11.5 Å². The Morgan fingerprint density at radius 3 is 2.70 bits per heavy atom. The number of methoxy groups -OCH3 is 1. The van der Waals surface area contributed by atoms with Gasteiger partial charge < -0.3 is 9.84 Å². The molecular formula is C18H13BrN2O4S2. The molecule has 0 bridgehead atoms. The lowest BCUT2D eigenvalue weighted by molar-refractivity contribution is -0.123. The van der Waals surface area contributed by atoms with Crippen molar-refractivity contribution in [3.63, 3.8) is 0 Å². The fraction of sp³-hybridized carbons (Fsp3) is 0.0556. The molecule has 0 radical (unpaired) electrons. The molecule has 27 heavy (non-hydrogen) atoms. The van der Waals surface area contributed by atoms with E-state index in [0.29, 0.717) is 20.5 Å². The minimum atomic E-state index is -0.437. The molecule has 6 nitrogen and oxygen atoms in total. The molecule has 0 aliphatic carbocycles. The van der Waals surface area contributed by atoms with Crippen LogP contribution in [0.1, 0.15) is 15.9 Å². The molecule has 1 aliphatic rings. The Kier molecular flexibility index (Phi) is 5.83. The smallest absolute Gasteiger partial charge is 0.285 e. The van der Waals surface area contributed by atoms with Gasteiger partial charge in [-0.15, -0.1) is 0 Å². The zero-order valence-corrected chi connectivity index (χ0v) is 17.2. The van der Waals surface area contributed by atoms with Gasteiger partial charge in [-0.3, -0.25) is 15.0 Å². The number of hydrazine groups is 1. The van der Waals surface area contributed by atoms with Crippen LogP contribution in [0.3, 0.4) is 0 Å². The average Bonchev–Trinajstić information content (AvgIpc) is 2.92. The molecule has 1 saturated heterocycles. The van der Waals surface area contributed by atoms with Crippen molar-refractivity contribution in [3.05, 3.63) is 63.0 Å². The van der Waals surface area contributed by atoms with Gasteiger partial charge in [-0.05, 0) is 48.1 Å². The summed E-state index contributed by atoms with van der Waals surface area (Å²) in [5.74, 6) is -0.615. The fourth-order valence-electron chi connectivity index (χ4n) is 2.29. The molecule has 2 aromatic carbocycles. The molecule has 2 amide bonds. The molecule has 138 valence electrons. The molecule has 0 spiro atoms. The van der Waals surface area contributed by atoms with Gasteiger partial charge in [0.15, 0.2) is 15.8 Å². The van der Waals surface area contributed by atoms with Gasteiger partial charge in [-0.25, -0.2) is 0 Å². The van der Waals surface area contributed by atoms with Crippen LogP contribution in [0.2, 0.25) is 0 Å². The van der Waals surface area contributed by atoms with Gasteiger partial charge in [0.05, 0.1) is 12.0 Å². The van der Waals surface area contributed by atoms with Crippen molar-refractivity contribution in [2.45, 2.75) is 0 Å². The predicted molar refractivity (Wildman–Crippen MR) is 111 cm³/mol. The lowest BCUT2D eigenvalue weighted by atomic mass is 10.2. The molecule has 2 N–H and O–H groups in total. The summed E-state index contributed by atoms with van der Waals surface area (Å²) < 4.78 is 5.89. The van der Waals surface area contributed by atoms with Gasteiger partial charge >= 0.3 is 0 Å². The van der Waals surface area contributed by atoms with Gasteiger partial charge in [0.1, 0.15) is 0 Å². The Morgan fingerprint density at radius 1 is 1.33 bits per heavy atom. The Labute approximate surface area is 173 Å². The maximum atomic E-state index is 12.7. The van der Waals surface area contributed by atoms with Crippen LogP contribution in [0.5, 0.6) is 11.5 Å². The highest BCUT2D eigenvalue weighted by Gasteiger charge is 2.34. The van der Waals surface area contributed by atoms with E-state index in [2.05, 4.69) is 21.4 Å². The van der Waals surface area contributed by atoms with Gasteiger partial charge in [0.2, 0.25) is 0 Å². The second kappa shape index (κ2) is 8.12. The summed E-state index contributed by atoms with van der Waals surface area (Å²) in [5.41, 5.74) is 3.56. The number of phenolic OH excluding ortho intramolecular Hbond substituents is 1. The highest BCUT2D eigenvalue weighted by molar-refractivity contribution is 9.10. The molecule has 1 fully saturated rings. The zero-order valence-electron chi connectivity index (χ0n) is 13.9. The topological polar surface area (TPSA) is 78.9 Å². The molecule has 0 saturated carbocycles. The van der Waals surface area contributed by atoms with Gasteiger partial charge in [-0.2, -0.15) is 5.01 Å². The Balaban J connectivity index is 1.84. The first kappa shape index (κ1) is 19.4. The van der Waals surface area contributed by atoms with E-state index < -0.39 is 11.8 Å². The number of amides is 2. The summed E-state index contributed by atoms with van der Waals surface area (Å²) >= 11 is 9.63. The summed E-state index contributed by atoms with van der Waals surface area (Å²) in [6, 6.07) is 11.6. The van der Waals surface area contributed by atoms with Crippen LogP contribution in [-0.4, -0.2) is 33.4 Å².